The normalized spacial score (nSPS) is 16.6. The fourth-order valence-corrected chi connectivity index (χ4v) is 2.13. The number of nitrogens with one attached hydrogen (secondary N) is 1. The molecule has 1 saturated heterocycles. The van der Waals surface area contributed by atoms with Crippen LogP contribution in [-0.2, 0) is 4.74 Å². The van der Waals surface area contributed by atoms with Gasteiger partial charge in [0.25, 0.3) is 0 Å². The minimum Gasteiger partial charge on any atom is -0.478 e. The van der Waals surface area contributed by atoms with Crippen LogP contribution < -0.4 is 5.32 Å². The summed E-state index contributed by atoms with van der Waals surface area (Å²) >= 11 is 5.94. The number of carbonyl (C=O) groups is 1. The lowest BCUT2D eigenvalue weighted by Crippen LogP contribution is -2.29. The molecule has 1 aromatic rings. The van der Waals surface area contributed by atoms with E-state index in [4.69, 9.17) is 21.4 Å². The first-order valence-corrected chi connectivity index (χ1v) is 6.20. The summed E-state index contributed by atoms with van der Waals surface area (Å²) in [5.41, 5.74) is 1.39. The van der Waals surface area contributed by atoms with E-state index < -0.39 is 5.97 Å². The van der Waals surface area contributed by atoms with E-state index in [1.165, 1.54) is 6.20 Å². The van der Waals surface area contributed by atoms with E-state index in [1.54, 1.807) is 6.92 Å². The van der Waals surface area contributed by atoms with Gasteiger partial charge in [0.1, 0.15) is 10.7 Å². The summed E-state index contributed by atoms with van der Waals surface area (Å²) in [6, 6.07) is 0.217. The first-order valence-electron chi connectivity index (χ1n) is 5.82. The Morgan fingerprint density at radius 2 is 2.22 bits per heavy atom. The fraction of sp³-hybridized carbons (Fsp3) is 0.500. The van der Waals surface area contributed by atoms with E-state index in [2.05, 4.69) is 10.3 Å². The summed E-state index contributed by atoms with van der Waals surface area (Å²) in [4.78, 5) is 15.1. The minimum absolute atomic E-state index is 0.156. The average Bonchev–Trinajstić information content (AvgIpc) is 2.36. The van der Waals surface area contributed by atoms with Crippen LogP contribution in [-0.4, -0.2) is 35.3 Å². The first-order chi connectivity index (χ1) is 8.59. The van der Waals surface area contributed by atoms with Crippen molar-refractivity contribution in [2.24, 2.45) is 0 Å². The van der Waals surface area contributed by atoms with E-state index in [0.717, 1.165) is 12.8 Å². The lowest BCUT2D eigenvalue weighted by molar-refractivity contribution is 0.0697. The molecule has 5 nitrogen and oxygen atoms in total. The van der Waals surface area contributed by atoms with Crippen LogP contribution in [0.1, 0.15) is 28.8 Å². The number of halogens is 1. The Morgan fingerprint density at radius 3 is 2.83 bits per heavy atom. The number of hydrogen-bond acceptors (Lipinski definition) is 4. The van der Waals surface area contributed by atoms with Gasteiger partial charge in [-0.15, -0.1) is 0 Å². The lowest BCUT2D eigenvalue weighted by Gasteiger charge is -2.25. The van der Waals surface area contributed by atoms with Gasteiger partial charge in [0.2, 0.25) is 0 Å². The smallest absolute Gasteiger partial charge is 0.339 e. The van der Waals surface area contributed by atoms with E-state index in [1.807, 2.05) is 0 Å². The van der Waals surface area contributed by atoms with E-state index in [0.29, 0.717) is 29.6 Å². The highest BCUT2D eigenvalue weighted by Gasteiger charge is 2.20. The predicted octanol–water partition coefficient (Wildman–Crippen LogP) is 2.33. The van der Waals surface area contributed by atoms with Crippen LogP contribution in [0.5, 0.6) is 0 Å². The topological polar surface area (TPSA) is 71.5 Å². The van der Waals surface area contributed by atoms with E-state index in [9.17, 15) is 4.79 Å². The fourth-order valence-electron chi connectivity index (χ4n) is 1.98. The summed E-state index contributed by atoms with van der Waals surface area (Å²) in [7, 11) is 0. The van der Waals surface area contributed by atoms with Gasteiger partial charge < -0.3 is 15.2 Å². The van der Waals surface area contributed by atoms with Crippen molar-refractivity contribution in [1.29, 1.82) is 0 Å². The standard InChI is InChI=1S/C12H15ClN2O3/c1-7-10(15-8-2-4-18-5-3-8)9(12(16)17)6-14-11(7)13/h6,8H,2-5H2,1H3,(H,14,15)(H,16,17). The maximum Gasteiger partial charge on any atom is 0.339 e. The van der Waals surface area contributed by atoms with Gasteiger partial charge in [0.05, 0.1) is 5.69 Å². The third kappa shape index (κ3) is 2.73. The summed E-state index contributed by atoms with van der Waals surface area (Å²) in [6.07, 6.45) is 3.01. The molecule has 0 aromatic carbocycles. The third-order valence-electron chi connectivity index (χ3n) is 3.06. The molecule has 2 N–H and O–H groups in total. The van der Waals surface area contributed by atoms with Crippen LogP contribution in [0.2, 0.25) is 5.15 Å². The van der Waals surface area contributed by atoms with Crippen molar-refractivity contribution < 1.29 is 14.6 Å². The van der Waals surface area contributed by atoms with E-state index >= 15 is 0 Å². The number of rotatable bonds is 3. The summed E-state index contributed by atoms with van der Waals surface area (Å²) in [5.74, 6) is -1.00. The summed E-state index contributed by atoms with van der Waals surface area (Å²) in [5, 5.41) is 12.7. The van der Waals surface area contributed by atoms with Gasteiger partial charge in [-0.3, -0.25) is 0 Å². The number of nitrogens with zero attached hydrogens (tertiary/aromatic N) is 1. The van der Waals surface area contributed by atoms with Crippen LogP contribution in [0.4, 0.5) is 5.69 Å². The van der Waals surface area contributed by atoms with Crippen LogP contribution in [0.25, 0.3) is 0 Å². The van der Waals surface area contributed by atoms with Crippen molar-refractivity contribution >= 4 is 23.3 Å². The quantitative estimate of drug-likeness (QED) is 0.825. The molecular weight excluding hydrogens is 256 g/mol. The second-order valence-corrected chi connectivity index (χ2v) is 4.66. The maximum atomic E-state index is 11.2. The molecule has 0 radical (unpaired) electrons. The zero-order chi connectivity index (χ0) is 13.1. The summed E-state index contributed by atoms with van der Waals surface area (Å²) in [6.45, 7) is 3.15. The Balaban J connectivity index is 2.29. The number of aromatic carboxylic acids is 1. The van der Waals surface area contributed by atoms with Crippen LogP contribution in [0, 0.1) is 6.92 Å². The van der Waals surface area contributed by atoms with Crippen molar-refractivity contribution in [3.05, 3.63) is 22.5 Å². The molecule has 0 bridgehead atoms. The van der Waals surface area contributed by atoms with Crippen LogP contribution in [0.3, 0.4) is 0 Å². The van der Waals surface area contributed by atoms with E-state index in [-0.39, 0.29) is 11.6 Å². The zero-order valence-corrected chi connectivity index (χ0v) is 10.8. The Kier molecular flexibility index (Phi) is 4.04. The van der Waals surface area contributed by atoms with Gasteiger partial charge >= 0.3 is 5.97 Å². The number of carboxylic acid groups (broad SMARTS) is 1. The van der Waals surface area contributed by atoms with Crippen molar-refractivity contribution in [2.75, 3.05) is 18.5 Å². The van der Waals surface area contributed by atoms with Gasteiger partial charge in [-0.2, -0.15) is 0 Å². The van der Waals surface area contributed by atoms with Gasteiger partial charge in [0, 0.05) is 31.0 Å². The molecule has 2 heterocycles. The molecule has 0 aliphatic carbocycles. The van der Waals surface area contributed by atoms with Crippen molar-refractivity contribution in [3.63, 3.8) is 0 Å². The Bertz CT molecular complexity index is 459. The van der Waals surface area contributed by atoms with Crippen molar-refractivity contribution in [2.45, 2.75) is 25.8 Å². The number of hydrogen-bond donors (Lipinski definition) is 2. The van der Waals surface area contributed by atoms with Crippen LogP contribution >= 0.6 is 11.6 Å². The molecule has 0 atom stereocenters. The predicted molar refractivity (Wildman–Crippen MR) is 68.4 cm³/mol. The largest absolute Gasteiger partial charge is 0.478 e. The number of aromatic nitrogens is 1. The molecule has 0 amide bonds. The molecule has 0 saturated carbocycles. The third-order valence-corrected chi connectivity index (χ3v) is 3.44. The SMILES string of the molecule is Cc1c(Cl)ncc(C(=O)O)c1NC1CCOCC1. The first kappa shape index (κ1) is 13.1. The highest BCUT2D eigenvalue weighted by Crippen LogP contribution is 2.27. The van der Waals surface area contributed by atoms with Gasteiger partial charge in [-0.05, 0) is 19.8 Å². The molecule has 1 aliphatic rings. The molecule has 18 heavy (non-hydrogen) atoms. The molecule has 2 rings (SSSR count). The summed E-state index contributed by atoms with van der Waals surface area (Å²) < 4.78 is 5.27. The second-order valence-electron chi connectivity index (χ2n) is 4.30. The van der Waals surface area contributed by atoms with Crippen molar-refractivity contribution in [3.8, 4) is 0 Å². The number of carboxylic acids is 1. The monoisotopic (exact) mass is 270 g/mol. The molecular formula is C12H15ClN2O3. The average molecular weight is 271 g/mol. The highest BCUT2D eigenvalue weighted by molar-refractivity contribution is 6.30. The van der Waals surface area contributed by atoms with Crippen LogP contribution in [0.15, 0.2) is 6.20 Å². The number of anilines is 1. The molecule has 0 unspecified atom stereocenters. The lowest BCUT2D eigenvalue weighted by atomic mass is 10.1. The van der Waals surface area contributed by atoms with Crippen molar-refractivity contribution in [1.82, 2.24) is 4.98 Å². The Morgan fingerprint density at radius 1 is 1.56 bits per heavy atom. The molecule has 1 aliphatic heterocycles. The number of ether oxygens (including phenoxy) is 1. The maximum absolute atomic E-state index is 11.2. The van der Waals surface area contributed by atoms with Gasteiger partial charge in [-0.1, -0.05) is 11.6 Å². The highest BCUT2D eigenvalue weighted by atomic mass is 35.5. The molecule has 1 aromatic heterocycles. The zero-order valence-electron chi connectivity index (χ0n) is 10.1. The van der Waals surface area contributed by atoms with Gasteiger partial charge in [-0.25, -0.2) is 9.78 Å². The molecule has 1 fully saturated rings. The number of pyridine rings is 1. The Labute approximate surface area is 110 Å². The van der Waals surface area contributed by atoms with Gasteiger partial charge in [0.15, 0.2) is 0 Å². The minimum atomic E-state index is -1.00. The second kappa shape index (κ2) is 5.54. The molecule has 0 spiro atoms. The molecule has 6 heteroatoms. The molecule has 98 valence electrons. The Hall–Kier alpha value is -1.33.